The summed E-state index contributed by atoms with van der Waals surface area (Å²) < 4.78 is 235. The molecule has 4 N–H and O–H groups in total. The molecule has 0 saturated heterocycles. The Bertz CT molecular complexity index is 2230. The van der Waals surface area contributed by atoms with Gasteiger partial charge in [-0.25, -0.2) is 0 Å². The Balaban J connectivity index is 1.56. The largest absolute Gasteiger partial charge is 0.460 e. The molecule has 64 heavy (non-hydrogen) atoms. The van der Waals surface area contributed by atoms with E-state index in [9.17, 15) is 99.1 Å². The Hall–Kier alpha value is -5.58. The summed E-state index contributed by atoms with van der Waals surface area (Å²) in [6.45, 7) is 1.39. The first-order chi connectivity index (χ1) is 28.7. The van der Waals surface area contributed by atoms with E-state index < -0.39 is 88.7 Å². The molecule has 0 fully saturated rings. The maximum absolute atomic E-state index is 14.4. The number of halogens is 17. The van der Waals surface area contributed by atoms with Crippen LogP contribution in [-0.2, 0) is 21.1 Å². The van der Waals surface area contributed by atoms with Gasteiger partial charge in [-0.15, -0.1) is 0 Å². The highest BCUT2D eigenvalue weighted by Gasteiger charge is 2.95. The van der Waals surface area contributed by atoms with Crippen LogP contribution < -0.4 is 21.3 Å². The molecule has 3 aromatic heterocycles. The lowest BCUT2D eigenvalue weighted by Gasteiger charge is -2.43. The van der Waals surface area contributed by atoms with Crippen LogP contribution in [0.15, 0.2) is 36.8 Å². The van der Waals surface area contributed by atoms with Crippen molar-refractivity contribution in [2.45, 2.75) is 86.3 Å². The molecule has 0 aliphatic carbocycles. The number of nitro groups is 1. The number of aryl methyl sites for hydroxylation is 3. The van der Waals surface area contributed by atoms with E-state index in [4.69, 9.17) is 0 Å². The zero-order valence-corrected chi connectivity index (χ0v) is 33.3. The molecule has 0 radical (unpaired) electrons. The minimum absolute atomic E-state index is 0.0142. The number of amides is 3. The Morgan fingerprint density at radius 1 is 0.562 bits per heavy atom. The normalized spacial score (nSPS) is 13.8. The third-order valence-corrected chi connectivity index (χ3v) is 9.52. The van der Waals surface area contributed by atoms with E-state index in [1.165, 1.54) is 59.4 Å². The molecule has 30 heteroatoms. The number of hydrogen-bond acceptors (Lipinski definition) is 6. The van der Waals surface area contributed by atoms with Gasteiger partial charge in [0, 0.05) is 58.1 Å². The summed E-state index contributed by atoms with van der Waals surface area (Å²) in [5, 5.41) is 20.9. The van der Waals surface area contributed by atoms with Gasteiger partial charge in [-0.2, -0.15) is 74.6 Å². The van der Waals surface area contributed by atoms with Gasteiger partial charge < -0.3 is 35.0 Å². The lowest BCUT2D eigenvalue weighted by Crippen LogP contribution is -2.74. The number of rotatable bonds is 20. The van der Waals surface area contributed by atoms with Gasteiger partial charge in [0.1, 0.15) is 17.1 Å². The molecule has 0 spiro atoms. The second-order valence-corrected chi connectivity index (χ2v) is 14.9. The highest BCUT2D eigenvalue weighted by Crippen LogP contribution is 2.64. The van der Waals surface area contributed by atoms with E-state index in [2.05, 4.69) is 21.3 Å². The fourth-order valence-corrected chi connectivity index (χ4v) is 5.70. The Morgan fingerprint density at radius 2 is 0.953 bits per heavy atom. The van der Waals surface area contributed by atoms with E-state index in [0.29, 0.717) is 0 Å². The van der Waals surface area contributed by atoms with Crippen molar-refractivity contribution in [3.8, 4) is 0 Å². The predicted molar refractivity (Wildman–Crippen MR) is 188 cm³/mol. The van der Waals surface area contributed by atoms with Crippen LogP contribution in [0.5, 0.6) is 0 Å². The monoisotopic (exact) mass is 958 g/mol. The van der Waals surface area contributed by atoms with E-state index in [1.807, 2.05) is 0 Å². The van der Waals surface area contributed by atoms with Crippen molar-refractivity contribution in [1.29, 1.82) is 0 Å². The van der Waals surface area contributed by atoms with Gasteiger partial charge in [0.2, 0.25) is 0 Å². The molecule has 0 aliphatic rings. The van der Waals surface area contributed by atoms with E-state index in [1.54, 1.807) is 0 Å². The van der Waals surface area contributed by atoms with Crippen LogP contribution >= 0.6 is 0 Å². The van der Waals surface area contributed by atoms with Crippen LogP contribution in [0.2, 0.25) is 0 Å². The zero-order chi connectivity index (χ0) is 49.6. The van der Waals surface area contributed by atoms with Gasteiger partial charge in [-0.1, -0.05) is 0 Å². The van der Waals surface area contributed by atoms with Crippen LogP contribution in [0.3, 0.4) is 0 Å². The van der Waals surface area contributed by atoms with E-state index in [-0.39, 0.29) is 53.7 Å². The highest BCUT2D eigenvalue weighted by atomic mass is 19.4. The second kappa shape index (κ2) is 17.4. The molecule has 0 bridgehead atoms. The average Bonchev–Trinajstić information content (AvgIpc) is 3.84. The first kappa shape index (κ1) is 52.8. The zero-order valence-electron chi connectivity index (χ0n) is 33.3. The Labute approximate surface area is 348 Å². The molecule has 360 valence electrons. The maximum Gasteiger partial charge on any atom is 0.460 e. The summed E-state index contributed by atoms with van der Waals surface area (Å²) in [5.41, 5.74) is -2.01. The van der Waals surface area contributed by atoms with Crippen molar-refractivity contribution in [3.05, 3.63) is 64.0 Å². The fraction of sp³-hybridized carbons (Fsp3) is 0.559. The minimum atomic E-state index is -8.70. The van der Waals surface area contributed by atoms with Gasteiger partial charge in [-0.3, -0.25) is 24.5 Å². The number of carbonyl (C=O) groups excluding carboxylic acids is 3. The molecule has 0 aliphatic heterocycles. The van der Waals surface area contributed by atoms with Crippen molar-refractivity contribution < 1.29 is 93.9 Å². The van der Waals surface area contributed by atoms with Crippen LogP contribution in [0.4, 0.5) is 91.7 Å². The number of nitrogens with zero attached hydrogens (tertiary/aromatic N) is 4. The first-order valence-electron chi connectivity index (χ1n) is 17.7. The maximum atomic E-state index is 14.4. The molecule has 0 aromatic carbocycles. The number of alkyl halides is 17. The standard InChI is InChI=1S/C34H35F17N8O5/c1-26(2,7-8-27(35,36)28(37,38)29(39,40)30(41,42)31(43,44)32(45,46)33(47,48)34(49,50)51)53-10-6-9-52-23(60)20-11-17(14-56(20)3)54-24(61)21-12-18(15-57(21)4)55-25(62)22-13-19(59(63)64)16-58(22)5/h11-16,53H,6-10H2,1-5H3,(H,52,60)(H,54,61)(H,55,62). The Kier molecular flexibility index (Phi) is 14.4. The number of nitrogens with one attached hydrogen (secondary N) is 4. The summed E-state index contributed by atoms with van der Waals surface area (Å²) in [6, 6.07) is 3.57. The van der Waals surface area contributed by atoms with Crippen LogP contribution in [-0.4, -0.2) is 103 Å². The molecule has 3 aromatic rings. The molecule has 3 heterocycles. The van der Waals surface area contributed by atoms with Crippen LogP contribution in [0, 0.1) is 10.1 Å². The van der Waals surface area contributed by atoms with Gasteiger partial charge in [0.25, 0.3) is 23.4 Å². The third kappa shape index (κ3) is 9.73. The number of aromatic nitrogens is 3. The van der Waals surface area contributed by atoms with E-state index in [0.717, 1.165) is 26.1 Å². The van der Waals surface area contributed by atoms with Gasteiger partial charge >= 0.3 is 47.6 Å². The smallest absolute Gasteiger partial charge is 0.351 e. The van der Waals surface area contributed by atoms with Gasteiger partial charge in [0.05, 0.1) is 22.5 Å². The third-order valence-electron chi connectivity index (χ3n) is 9.52. The van der Waals surface area contributed by atoms with Crippen molar-refractivity contribution in [2.75, 3.05) is 23.7 Å². The SMILES string of the molecule is Cn1cc(NC(=O)c2cc(NC(=O)c3cc([N+](=O)[O-])cn3C)cn2C)cc1C(=O)NCCCNC(C)(C)CCC(F)(F)C(F)(F)C(F)(F)C(F)(F)C(F)(F)C(F)(F)C(F)(F)C(F)(F)F. The number of hydrogen-bond donors (Lipinski definition) is 4. The molecular weight excluding hydrogens is 923 g/mol. The molecule has 3 amide bonds. The summed E-state index contributed by atoms with van der Waals surface area (Å²) in [4.78, 5) is 48.8. The molecule has 0 saturated carbocycles. The Morgan fingerprint density at radius 3 is 1.38 bits per heavy atom. The fourth-order valence-electron chi connectivity index (χ4n) is 5.70. The van der Waals surface area contributed by atoms with Crippen molar-refractivity contribution in [1.82, 2.24) is 24.3 Å². The molecule has 3 rings (SSSR count). The summed E-state index contributed by atoms with van der Waals surface area (Å²) in [6.07, 6.45) is -8.11. The molecule has 0 unspecified atom stereocenters. The predicted octanol–water partition coefficient (Wildman–Crippen LogP) is 8.39. The lowest BCUT2D eigenvalue weighted by molar-refractivity contribution is -0.461. The number of carbonyl (C=O) groups is 3. The molecule has 13 nitrogen and oxygen atoms in total. The summed E-state index contributed by atoms with van der Waals surface area (Å²) in [7, 11) is 4.27. The van der Waals surface area contributed by atoms with Crippen molar-refractivity contribution >= 4 is 34.8 Å². The minimum Gasteiger partial charge on any atom is -0.351 e. The van der Waals surface area contributed by atoms with Gasteiger partial charge in [0.15, 0.2) is 0 Å². The second-order valence-electron chi connectivity index (χ2n) is 14.9. The summed E-state index contributed by atoms with van der Waals surface area (Å²) >= 11 is 0. The molecular formula is C34H35F17N8O5. The lowest BCUT2D eigenvalue weighted by atomic mass is 9.86. The topological polar surface area (TPSA) is 157 Å². The first-order valence-corrected chi connectivity index (χ1v) is 17.7. The quantitative estimate of drug-likeness (QED) is 0.0386. The van der Waals surface area contributed by atoms with E-state index >= 15 is 0 Å². The summed E-state index contributed by atoms with van der Waals surface area (Å²) in [5.74, 6) is -59.0. The highest BCUT2D eigenvalue weighted by molar-refractivity contribution is 6.07. The van der Waals surface area contributed by atoms with Crippen molar-refractivity contribution in [2.24, 2.45) is 21.1 Å². The average molecular weight is 959 g/mol. The van der Waals surface area contributed by atoms with Gasteiger partial charge in [-0.05, 0) is 45.4 Å². The number of anilines is 2. The van der Waals surface area contributed by atoms with Crippen LogP contribution in [0.1, 0.15) is 64.6 Å². The molecule has 0 atom stereocenters. The van der Waals surface area contributed by atoms with Crippen molar-refractivity contribution in [3.63, 3.8) is 0 Å². The van der Waals surface area contributed by atoms with Crippen LogP contribution in [0.25, 0.3) is 0 Å².